The SMILES string of the molecule is CCOC(=O)c1ccc2[nH]c(Br)cc2c1. The molecule has 78 valence electrons. The second-order valence-corrected chi connectivity index (χ2v) is 3.99. The lowest BCUT2D eigenvalue weighted by Gasteiger charge is -2.00. The Labute approximate surface area is 95.6 Å². The standard InChI is InChI=1S/C11H10BrNO2/c1-2-15-11(14)7-3-4-9-8(5-7)6-10(12)13-9/h3-6,13H,2H2,1H3. The van der Waals surface area contributed by atoms with Crippen molar-refractivity contribution in [1.82, 2.24) is 4.98 Å². The largest absolute Gasteiger partial charge is 0.462 e. The van der Waals surface area contributed by atoms with E-state index in [-0.39, 0.29) is 5.97 Å². The van der Waals surface area contributed by atoms with Gasteiger partial charge < -0.3 is 9.72 Å². The van der Waals surface area contributed by atoms with Gasteiger partial charge >= 0.3 is 5.97 Å². The van der Waals surface area contributed by atoms with Crippen LogP contribution in [0.25, 0.3) is 10.9 Å². The second kappa shape index (κ2) is 4.06. The zero-order valence-corrected chi connectivity index (χ0v) is 9.80. The summed E-state index contributed by atoms with van der Waals surface area (Å²) in [4.78, 5) is 14.6. The van der Waals surface area contributed by atoms with Crippen LogP contribution in [0.5, 0.6) is 0 Å². The first-order valence-corrected chi connectivity index (χ1v) is 5.45. The van der Waals surface area contributed by atoms with Crippen LogP contribution in [-0.4, -0.2) is 17.6 Å². The van der Waals surface area contributed by atoms with Crippen molar-refractivity contribution >= 4 is 32.8 Å². The van der Waals surface area contributed by atoms with E-state index in [4.69, 9.17) is 4.74 Å². The molecule has 3 nitrogen and oxygen atoms in total. The number of rotatable bonds is 2. The molecule has 0 aliphatic heterocycles. The Balaban J connectivity index is 2.41. The highest BCUT2D eigenvalue weighted by Gasteiger charge is 2.07. The van der Waals surface area contributed by atoms with Crippen molar-refractivity contribution in [2.45, 2.75) is 6.92 Å². The molecule has 1 N–H and O–H groups in total. The Bertz CT molecular complexity index is 504. The van der Waals surface area contributed by atoms with Crippen molar-refractivity contribution in [3.63, 3.8) is 0 Å². The summed E-state index contributed by atoms with van der Waals surface area (Å²) in [5.41, 5.74) is 1.57. The molecule has 0 aliphatic rings. The van der Waals surface area contributed by atoms with Gasteiger partial charge in [-0.25, -0.2) is 4.79 Å². The minimum atomic E-state index is -0.281. The van der Waals surface area contributed by atoms with Gasteiger partial charge in [-0.1, -0.05) is 0 Å². The zero-order chi connectivity index (χ0) is 10.8. The van der Waals surface area contributed by atoms with E-state index < -0.39 is 0 Å². The number of H-pyrrole nitrogens is 1. The molecule has 0 saturated heterocycles. The minimum Gasteiger partial charge on any atom is -0.462 e. The van der Waals surface area contributed by atoms with Crippen LogP contribution in [0.3, 0.4) is 0 Å². The average Bonchev–Trinajstić information content (AvgIpc) is 2.57. The summed E-state index contributed by atoms with van der Waals surface area (Å²) in [5, 5.41) is 0.993. The summed E-state index contributed by atoms with van der Waals surface area (Å²) < 4.78 is 5.82. The van der Waals surface area contributed by atoms with E-state index in [1.165, 1.54) is 0 Å². The van der Waals surface area contributed by atoms with Gasteiger partial charge in [0.25, 0.3) is 0 Å². The van der Waals surface area contributed by atoms with Crippen LogP contribution >= 0.6 is 15.9 Å². The Kier molecular flexibility index (Phi) is 2.77. The quantitative estimate of drug-likeness (QED) is 0.850. The monoisotopic (exact) mass is 267 g/mol. The number of benzene rings is 1. The number of carbonyl (C=O) groups is 1. The molecule has 0 unspecified atom stereocenters. The summed E-state index contributed by atoms with van der Waals surface area (Å²) in [6.45, 7) is 2.19. The molecule has 0 saturated carbocycles. The molecule has 1 aromatic carbocycles. The maximum absolute atomic E-state index is 11.5. The van der Waals surface area contributed by atoms with Crippen LogP contribution in [-0.2, 0) is 4.74 Å². The van der Waals surface area contributed by atoms with Gasteiger partial charge in [0, 0.05) is 10.9 Å². The normalized spacial score (nSPS) is 10.5. The lowest BCUT2D eigenvalue weighted by Crippen LogP contribution is -2.03. The number of halogens is 1. The molecule has 4 heteroatoms. The smallest absolute Gasteiger partial charge is 0.338 e. The molecule has 1 aromatic heterocycles. The molecule has 2 rings (SSSR count). The predicted molar refractivity (Wildman–Crippen MR) is 62.0 cm³/mol. The van der Waals surface area contributed by atoms with E-state index in [1.54, 1.807) is 13.0 Å². The fraction of sp³-hybridized carbons (Fsp3) is 0.182. The molecule has 0 aliphatic carbocycles. The van der Waals surface area contributed by atoms with E-state index in [0.29, 0.717) is 12.2 Å². The van der Waals surface area contributed by atoms with E-state index in [1.807, 2.05) is 18.2 Å². The van der Waals surface area contributed by atoms with Crippen molar-refractivity contribution in [1.29, 1.82) is 0 Å². The predicted octanol–water partition coefficient (Wildman–Crippen LogP) is 3.11. The Morgan fingerprint density at radius 2 is 2.27 bits per heavy atom. The molecule has 0 bridgehead atoms. The highest BCUT2D eigenvalue weighted by Crippen LogP contribution is 2.20. The number of hydrogen-bond acceptors (Lipinski definition) is 2. The van der Waals surface area contributed by atoms with Crippen LogP contribution in [0.2, 0.25) is 0 Å². The van der Waals surface area contributed by atoms with E-state index >= 15 is 0 Å². The summed E-state index contributed by atoms with van der Waals surface area (Å²) in [5.74, 6) is -0.281. The van der Waals surface area contributed by atoms with Crippen LogP contribution in [0.4, 0.5) is 0 Å². The third-order valence-corrected chi connectivity index (χ3v) is 2.53. The van der Waals surface area contributed by atoms with Gasteiger partial charge in [-0.2, -0.15) is 0 Å². The van der Waals surface area contributed by atoms with Crippen LogP contribution in [0.15, 0.2) is 28.9 Å². The number of hydrogen-bond donors (Lipinski definition) is 1. The van der Waals surface area contributed by atoms with Crippen molar-refractivity contribution in [3.8, 4) is 0 Å². The number of carbonyl (C=O) groups excluding carboxylic acids is 1. The molecule has 0 amide bonds. The number of ether oxygens (including phenoxy) is 1. The van der Waals surface area contributed by atoms with Crippen LogP contribution in [0.1, 0.15) is 17.3 Å². The Morgan fingerprint density at radius 1 is 1.47 bits per heavy atom. The second-order valence-electron chi connectivity index (χ2n) is 3.14. The number of aromatic nitrogens is 1. The van der Waals surface area contributed by atoms with Crippen molar-refractivity contribution < 1.29 is 9.53 Å². The number of esters is 1. The lowest BCUT2D eigenvalue weighted by atomic mass is 10.1. The number of aromatic amines is 1. The van der Waals surface area contributed by atoms with Gasteiger partial charge in [-0.3, -0.25) is 0 Å². The third kappa shape index (κ3) is 2.04. The summed E-state index contributed by atoms with van der Waals surface area (Å²) >= 11 is 3.35. The summed E-state index contributed by atoms with van der Waals surface area (Å²) in [7, 11) is 0. The van der Waals surface area contributed by atoms with Crippen LogP contribution in [0, 0.1) is 0 Å². The molecular formula is C11H10BrNO2. The Hall–Kier alpha value is -1.29. The maximum atomic E-state index is 11.5. The van der Waals surface area contributed by atoms with Gasteiger partial charge in [0.15, 0.2) is 0 Å². The third-order valence-electron chi connectivity index (χ3n) is 2.10. The topological polar surface area (TPSA) is 42.1 Å². The number of nitrogens with one attached hydrogen (secondary N) is 1. The van der Waals surface area contributed by atoms with Gasteiger partial charge in [0.05, 0.1) is 16.8 Å². The molecule has 0 radical (unpaired) electrons. The molecule has 2 aromatic rings. The van der Waals surface area contributed by atoms with Gasteiger partial charge in [-0.15, -0.1) is 0 Å². The van der Waals surface area contributed by atoms with E-state index in [0.717, 1.165) is 15.5 Å². The van der Waals surface area contributed by atoms with Crippen molar-refractivity contribution in [2.24, 2.45) is 0 Å². The van der Waals surface area contributed by atoms with Gasteiger partial charge in [0.2, 0.25) is 0 Å². The van der Waals surface area contributed by atoms with Gasteiger partial charge in [0.1, 0.15) is 0 Å². The van der Waals surface area contributed by atoms with Gasteiger partial charge in [-0.05, 0) is 47.1 Å². The molecule has 0 atom stereocenters. The average molecular weight is 268 g/mol. The lowest BCUT2D eigenvalue weighted by molar-refractivity contribution is 0.0526. The highest BCUT2D eigenvalue weighted by atomic mass is 79.9. The van der Waals surface area contributed by atoms with Crippen LogP contribution < -0.4 is 0 Å². The van der Waals surface area contributed by atoms with Crippen molar-refractivity contribution in [3.05, 3.63) is 34.4 Å². The fourth-order valence-electron chi connectivity index (χ4n) is 1.44. The number of fused-ring (bicyclic) bond motifs is 1. The first-order chi connectivity index (χ1) is 7.20. The zero-order valence-electron chi connectivity index (χ0n) is 8.21. The minimum absolute atomic E-state index is 0.281. The van der Waals surface area contributed by atoms with Crippen molar-refractivity contribution in [2.75, 3.05) is 6.61 Å². The Morgan fingerprint density at radius 3 is 3.00 bits per heavy atom. The molecule has 15 heavy (non-hydrogen) atoms. The van der Waals surface area contributed by atoms with E-state index in [2.05, 4.69) is 20.9 Å². The fourth-order valence-corrected chi connectivity index (χ4v) is 1.90. The molecular weight excluding hydrogens is 258 g/mol. The first-order valence-electron chi connectivity index (χ1n) is 4.66. The first kappa shape index (κ1) is 10.2. The molecule has 0 fully saturated rings. The van der Waals surface area contributed by atoms with E-state index in [9.17, 15) is 4.79 Å². The highest BCUT2D eigenvalue weighted by molar-refractivity contribution is 9.10. The molecule has 1 heterocycles. The summed E-state index contributed by atoms with van der Waals surface area (Å²) in [6, 6.07) is 7.36. The molecule has 0 spiro atoms. The summed E-state index contributed by atoms with van der Waals surface area (Å²) in [6.07, 6.45) is 0. The maximum Gasteiger partial charge on any atom is 0.338 e.